The van der Waals surface area contributed by atoms with E-state index >= 15 is 0 Å². The fourth-order valence-electron chi connectivity index (χ4n) is 3.06. The van der Waals surface area contributed by atoms with E-state index < -0.39 is 0 Å². The summed E-state index contributed by atoms with van der Waals surface area (Å²) in [7, 11) is 0. The molecule has 0 aliphatic carbocycles. The fourth-order valence-corrected chi connectivity index (χ4v) is 3.06. The highest BCUT2D eigenvalue weighted by molar-refractivity contribution is 5.39. The van der Waals surface area contributed by atoms with Crippen molar-refractivity contribution >= 4 is 0 Å². The van der Waals surface area contributed by atoms with Gasteiger partial charge in [-0.15, -0.1) is 0 Å². The fraction of sp³-hybridized carbons (Fsp3) is 0.647. The Bertz CT molecular complexity index is 370. The zero-order chi connectivity index (χ0) is 13.9. The van der Waals surface area contributed by atoms with E-state index in [0.717, 1.165) is 0 Å². The number of rotatable bonds is 5. The summed E-state index contributed by atoms with van der Waals surface area (Å²) in [6.07, 6.45) is 1.19. The van der Waals surface area contributed by atoms with E-state index in [-0.39, 0.29) is 0 Å². The van der Waals surface area contributed by atoms with Crippen LogP contribution in [0.2, 0.25) is 0 Å². The Morgan fingerprint density at radius 3 is 1.89 bits per heavy atom. The van der Waals surface area contributed by atoms with Gasteiger partial charge in [0.25, 0.3) is 0 Å². The Morgan fingerprint density at radius 2 is 1.50 bits per heavy atom. The third kappa shape index (κ3) is 3.58. The predicted octanol–water partition coefficient (Wildman–Crippen LogP) is 4.70. The summed E-state index contributed by atoms with van der Waals surface area (Å²) >= 11 is 0. The lowest BCUT2D eigenvalue weighted by Gasteiger charge is -2.27. The summed E-state index contributed by atoms with van der Waals surface area (Å²) in [5.74, 6) is 0.684. The summed E-state index contributed by atoms with van der Waals surface area (Å²) in [5.41, 5.74) is 5.65. The van der Waals surface area contributed by atoms with Gasteiger partial charge >= 0.3 is 0 Å². The van der Waals surface area contributed by atoms with Crippen LogP contribution in [0.25, 0.3) is 0 Å². The third-order valence-corrected chi connectivity index (χ3v) is 3.88. The van der Waals surface area contributed by atoms with Crippen LogP contribution < -0.4 is 5.32 Å². The molecule has 0 spiro atoms. The molecule has 0 bridgehead atoms. The van der Waals surface area contributed by atoms with Gasteiger partial charge in [0.05, 0.1) is 0 Å². The van der Waals surface area contributed by atoms with Gasteiger partial charge in [-0.05, 0) is 56.7 Å². The zero-order valence-corrected chi connectivity index (χ0v) is 13.1. The first-order valence-electron chi connectivity index (χ1n) is 7.20. The zero-order valence-electron chi connectivity index (χ0n) is 13.1. The summed E-state index contributed by atoms with van der Waals surface area (Å²) < 4.78 is 0. The molecule has 0 saturated heterocycles. The van der Waals surface area contributed by atoms with E-state index in [2.05, 4.69) is 65.9 Å². The van der Waals surface area contributed by atoms with E-state index in [4.69, 9.17) is 0 Å². The van der Waals surface area contributed by atoms with Crippen LogP contribution in [0, 0.1) is 26.7 Å². The number of hydrogen-bond donors (Lipinski definition) is 1. The third-order valence-electron chi connectivity index (χ3n) is 3.88. The van der Waals surface area contributed by atoms with Gasteiger partial charge in [0.2, 0.25) is 0 Å². The van der Waals surface area contributed by atoms with Gasteiger partial charge in [0.15, 0.2) is 0 Å². The molecule has 2 unspecified atom stereocenters. The molecule has 0 aliphatic heterocycles. The molecule has 0 heterocycles. The van der Waals surface area contributed by atoms with E-state index in [1.165, 1.54) is 28.7 Å². The van der Waals surface area contributed by atoms with Crippen LogP contribution in [0.4, 0.5) is 0 Å². The molecule has 0 amide bonds. The van der Waals surface area contributed by atoms with Crippen molar-refractivity contribution in [3.8, 4) is 0 Å². The van der Waals surface area contributed by atoms with Crippen LogP contribution in [-0.2, 0) is 0 Å². The highest BCUT2D eigenvalue weighted by Crippen LogP contribution is 2.24. The largest absolute Gasteiger partial charge is 0.307 e. The summed E-state index contributed by atoms with van der Waals surface area (Å²) in [6.45, 7) is 15.8. The minimum atomic E-state index is 0.429. The van der Waals surface area contributed by atoms with Crippen molar-refractivity contribution in [2.24, 2.45) is 5.92 Å². The lowest BCUT2D eigenvalue weighted by molar-refractivity contribution is 0.355. The highest BCUT2D eigenvalue weighted by Gasteiger charge is 2.17. The maximum absolute atomic E-state index is 3.78. The number of hydrogen-bond acceptors (Lipinski definition) is 1. The topological polar surface area (TPSA) is 12.0 Å². The van der Waals surface area contributed by atoms with Crippen LogP contribution in [0.15, 0.2) is 12.1 Å². The Morgan fingerprint density at radius 1 is 1.00 bits per heavy atom. The quantitative estimate of drug-likeness (QED) is 0.795. The second-order valence-corrected chi connectivity index (χ2v) is 5.96. The van der Waals surface area contributed by atoms with Gasteiger partial charge in [-0.3, -0.25) is 0 Å². The Labute approximate surface area is 113 Å². The molecule has 1 aromatic carbocycles. The Balaban J connectivity index is 2.94. The molecular formula is C17H29N. The molecule has 0 saturated carbocycles. The van der Waals surface area contributed by atoms with Gasteiger partial charge in [-0.25, -0.2) is 0 Å². The van der Waals surface area contributed by atoms with Crippen LogP contribution in [-0.4, -0.2) is 6.04 Å². The molecule has 2 atom stereocenters. The van der Waals surface area contributed by atoms with E-state index in [0.29, 0.717) is 18.0 Å². The monoisotopic (exact) mass is 247 g/mol. The van der Waals surface area contributed by atoms with Gasteiger partial charge in [0, 0.05) is 12.1 Å². The van der Waals surface area contributed by atoms with Gasteiger partial charge in [-0.1, -0.05) is 38.5 Å². The molecule has 1 aromatic rings. The van der Waals surface area contributed by atoms with Crippen LogP contribution in [0.5, 0.6) is 0 Å². The molecule has 102 valence electrons. The van der Waals surface area contributed by atoms with Crippen molar-refractivity contribution in [3.63, 3.8) is 0 Å². The van der Waals surface area contributed by atoms with Crippen molar-refractivity contribution in [2.75, 3.05) is 0 Å². The van der Waals surface area contributed by atoms with Crippen LogP contribution in [0.3, 0.4) is 0 Å². The first-order valence-corrected chi connectivity index (χ1v) is 7.20. The summed E-state index contributed by atoms with van der Waals surface area (Å²) in [6, 6.07) is 5.60. The van der Waals surface area contributed by atoms with Gasteiger partial charge < -0.3 is 5.32 Å². The molecule has 1 N–H and O–H groups in total. The molecule has 1 rings (SSSR count). The smallest absolute Gasteiger partial charge is 0.0299 e. The molecule has 1 nitrogen and oxygen atoms in total. The first-order chi connectivity index (χ1) is 8.36. The van der Waals surface area contributed by atoms with Crippen molar-refractivity contribution in [1.82, 2.24) is 5.32 Å². The Hall–Kier alpha value is -0.820. The maximum Gasteiger partial charge on any atom is 0.0299 e. The normalized spacial score (nSPS) is 14.9. The summed E-state index contributed by atoms with van der Waals surface area (Å²) in [4.78, 5) is 0. The average molecular weight is 247 g/mol. The average Bonchev–Trinajstić information content (AvgIpc) is 2.23. The van der Waals surface area contributed by atoms with Gasteiger partial charge in [-0.2, -0.15) is 0 Å². The summed E-state index contributed by atoms with van der Waals surface area (Å²) in [5, 5.41) is 3.78. The van der Waals surface area contributed by atoms with E-state index in [1.54, 1.807) is 0 Å². The molecular weight excluding hydrogens is 218 g/mol. The number of aryl methyl sites for hydroxylation is 3. The molecule has 1 heteroatoms. The van der Waals surface area contributed by atoms with Crippen molar-refractivity contribution in [2.45, 2.75) is 67.0 Å². The second kappa shape index (κ2) is 6.38. The van der Waals surface area contributed by atoms with Crippen molar-refractivity contribution in [1.29, 1.82) is 0 Å². The Kier molecular flexibility index (Phi) is 5.40. The minimum absolute atomic E-state index is 0.429. The lowest BCUT2D eigenvalue weighted by atomic mass is 9.93. The van der Waals surface area contributed by atoms with E-state index in [9.17, 15) is 0 Å². The van der Waals surface area contributed by atoms with Gasteiger partial charge in [0.1, 0.15) is 0 Å². The minimum Gasteiger partial charge on any atom is -0.307 e. The van der Waals surface area contributed by atoms with Crippen molar-refractivity contribution < 1.29 is 0 Å². The standard InChI is InChI=1S/C17H29N/c1-8-16(11(2)3)18-15(7)17-13(5)9-12(4)10-14(17)6/h9-11,15-16,18H,8H2,1-7H3. The number of benzene rings is 1. The van der Waals surface area contributed by atoms with Crippen LogP contribution >= 0.6 is 0 Å². The number of nitrogens with one attached hydrogen (secondary N) is 1. The van der Waals surface area contributed by atoms with Crippen LogP contribution in [0.1, 0.15) is 62.4 Å². The second-order valence-electron chi connectivity index (χ2n) is 5.96. The molecule has 0 radical (unpaired) electrons. The molecule has 0 fully saturated rings. The lowest BCUT2D eigenvalue weighted by Crippen LogP contribution is -2.35. The SMILES string of the molecule is CCC(NC(C)c1c(C)cc(C)cc1C)C(C)C. The first kappa shape index (κ1) is 15.2. The highest BCUT2D eigenvalue weighted by atomic mass is 14.9. The molecule has 0 aromatic heterocycles. The predicted molar refractivity (Wildman–Crippen MR) is 81.1 cm³/mol. The molecule has 18 heavy (non-hydrogen) atoms. The molecule has 0 aliphatic rings. The van der Waals surface area contributed by atoms with Crippen molar-refractivity contribution in [3.05, 3.63) is 34.4 Å². The maximum atomic E-state index is 3.78. The van der Waals surface area contributed by atoms with E-state index in [1.807, 2.05) is 0 Å².